The summed E-state index contributed by atoms with van der Waals surface area (Å²) in [5, 5.41) is 15.0. The zero-order valence-electron chi connectivity index (χ0n) is 17.4. The largest absolute Gasteiger partial charge is 0.480 e. The number of nitrogens with one attached hydrogen (secondary N) is 2. The molecule has 3 amide bonds. The fourth-order valence-electron chi connectivity index (χ4n) is 3.25. The van der Waals surface area contributed by atoms with Crippen molar-refractivity contribution in [2.75, 3.05) is 16.9 Å². The highest BCUT2D eigenvalue weighted by molar-refractivity contribution is 7.99. The Balaban J connectivity index is 1.69. The summed E-state index contributed by atoms with van der Waals surface area (Å²) in [5.41, 5.74) is 1.22. The number of aliphatic carboxylic acids is 1. The van der Waals surface area contributed by atoms with Gasteiger partial charge in [0, 0.05) is 30.3 Å². The molecule has 1 fully saturated rings. The molecule has 1 aromatic heterocycles. The first-order valence-electron chi connectivity index (χ1n) is 9.75. The van der Waals surface area contributed by atoms with Crippen molar-refractivity contribution < 1.29 is 24.3 Å². The number of carboxylic acid groups (broad SMARTS) is 1. The van der Waals surface area contributed by atoms with E-state index in [1.165, 1.54) is 35.7 Å². The van der Waals surface area contributed by atoms with Gasteiger partial charge in [0.15, 0.2) is 0 Å². The highest BCUT2D eigenvalue weighted by Gasteiger charge is 2.35. The van der Waals surface area contributed by atoms with Crippen LogP contribution in [0.3, 0.4) is 0 Å². The lowest BCUT2D eigenvalue weighted by Gasteiger charge is -2.23. The number of hydrogen-bond donors (Lipinski definition) is 3. The molecule has 0 aliphatic carbocycles. The normalized spacial score (nSPS) is 16.2. The predicted octanol–water partition coefficient (Wildman–Crippen LogP) is 2.67. The van der Waals surface area contributed by atoms with Crippen molar-refractivity contribution in [3.63, 3.8) is 0 Å². The van der Waals surface area contributed by atoms with Crippen LogP contribution in [0.4, 0.5) is 5.69 Å². The van der Waals surface area contributed by atoms with E-state index in [9.17, 15) is 24.3 Å². The van der Waals surface area contributed by atoms with Gasteiger partial charge in [0.05, 0.1) is 5.88 Å². The molecule has 0 saturated carbocycles. The molecule has 0 radical (unpaired) electrons. The SMILES string of the molecule is CC(=O)N1CSCC1C(=O)NC(Cc1cccc(NC(=O)c2cc(Cl)nc(Cl)c2)c1)C(=O)O. The number of aromatic nitrogens is 1. The van der Waals surface area contributed by atoms with Crippen LogP contribution in [0, 0.1) is 0 Å². The summed E-state index contributed by atoms with van der Waals surface area (Å²) in [6.07, 6.45) is -0.0162. The molecule has 2 unspecified atom stereocenters. The molecule has 2 aromatic rings. The Morgan fingerprint density at radius 2 is 1.91 bits per heavy atom. The third-order valence-electron chi connectivity index (χ3n) is 4.85. The van der Waals surface area contributed by atoms with E-state index < -0.39 is 29.9 Å². The maximum Gasteiger partial charge on any atom is 0.326 e. The van der Waals surface area contributed by atoms with Gasteiger partial charge < -0.3 is 20.6 Å². The first-order chi connectivity index (χ1) is 15.6. The van der Waals surface area contributed by atoms with E-state index in [-0.39, 0.29) is 28.2 Å². The molecule has 2 atom stereocenters. The van der Waals surface area contributed by atoms with Gasteiger partial charge in [0.25, 0.3) is 5.91 Å². The Labute approximate surface area is 203 Å². The van der Waals surface area contributed by atoms with Crippen molar-refractivity contribution in [3.05, 3.63) is 57.8 Å². The monoisotopic (exact) mass is 510 g/mol. The van der Waals surface area contributed by atoms with Gasteiger partial charge in [-0.3, -0.25) is 14.4 Å². The Kier molecular flexibility index (Phi) is 8.17. The lowest BCUT2D eigenvalue weighted by Crippen LogP contribution is -2.52. The lowest BCUT2D eigenvalue weighted by molar-refractivity contribution is -0.143. The summed E-state index contributed by atoms with van der Waals surface area (Å²) in [6.45, 7) is 1.37. The highest BCUT2D eigenvalue weighted by atomic mass is 35.5. The molecule has 3 rings (SSSR count). The predicted molar refractivity (Wildman–Crippen MR) is 126 cm³/mol. The van der Waals surface area contributed by atoms with Gasteiger partial charge >= 0.3 is 5.97 Å². The third-order valence-corrected chi connectivity index (χ3v) is 6.25. The molecule has 33 heavy (non-hydrogen) atoms. The Morgan fingerprint density at radius 1 is 1.21 bits per heavy atom. The number of thioether (sulfide) groups is 1. The minimum atomic E-state index is -1.21. The van der Waals surface area contributed by atoms with Crippen LogP contribution in [-0.2, 0) is 20.8 Å². The minimum absolute atomic E-state index is 0.0162. The zero-order chi connectivity index (χ0) is 24.1. The summed E-state index contributed by atoms with van der Waals surface area (Å²) < 4.78 is 0. The van der Waals surface area contributed by atoms with Crippen LogP contribution in [0.15, 0.2) is 36.4 Å². The van der Waals surface area contributed by atoms with Gasteiger partial charge in [-0.05, 0) is 29.8 Å². The first-order valence-corrected chi connectivity index (χ1v) is 11.7. The standard InChI is InChI=1S/C21H20Cl2N4O5S/c1-11(28)27-10-33-9-16(27)20(30)25-15(21(31)32)6-12-3-2-4-14(5-12)24-19(29)13-7-17(22)26-18(23)8-13/h2-5,7-8,15-16H,6,9-10H2,1H3,(H,24,29)(H,25,30)(H,31,32). The molecule has 1 aromatic carbocycles. The number of hydrogen-bond acceptors (Lipinski definition) is 6. The van der Waals surface area contributed by atoms with Crippen molar-refractivity contribution in [3.8, 4) is 0 Å². The van der Waals surface area contributed by atoms with E-state index in [2.05, 4.69) is 15.6 Å². The van der Waals surface area contributed by atoms with Crippen molar-refractivity contribution in [1.82, 2.24) is 15.2 Å². The molecule has 0 bridgehead atoms. The number of carboxylic acids is 1. The number of pyridine rings is 1. The first kappa shape index (κ1) is 24.8. The van der Waals surface area contributed by atoms with Crippen molar-refractivity contribution in [2.24, 2.45) is 0 Å². The fraction of sp³-hybridized carbons (Fsp3) is 0.286. The van der Waals surface area contributed by atoms with Crippen LogP contribution in [0.5, 0.6) is 0 Å². The van der Waals surface area contributed by atoms with Crippen LogP contribution in [-0.4, -0.2) is 62.4 Å². The number of carbonyl (C=O) groups excluding carboxylic acids is 3. The van der Waals surface area contributed by atoms with Crippen LogP contribution in [0.25, 0.3) is 0 Å². The van der Waals surface area contributed by atoms with Crippen LogP contribution in [0.2, 0.25) is 10.3 Å². The molecular formula is C21H20Cl2N4O5S. The maximum atomic E-state index is 12.6. The third kappa shape index (κ3) is 6.59. The van der Waals surface area contributed by atoms with Crippen LogP contribution >= 0.6 is 35.0 Å². The number of rotatable bonds is 7. The van der Waals surface area contributed by atoms with Crippen LogP contribution in [0.1, 0.15) is 22.8 Å². The van der Waals surface area contributed by atoms with E-state index in [1.807, 2.05) is 0 Å². The smallest absolute Gasteiger partial charge is 0.326 e. The minimum Gasteiger partial charge on any atom is -0.480 e. The lowest BCUT2D eigenvalue weighted by atomic mass is 10.0. The molecule has 1 aliphatic rings. The molecule has 2 heterocycles. The molecule has 0 spiro atoms. The van der Waals surface area contributed by atoms with Gasteiger partial charge in [-0.1, -0.05) is 35.3 Å². The summed E-state index contributed by atoms with van der Waals surface area (Å²) in [7, 11) is 0. The maximum absolute atomic E-state index is 12.6. The zero-order valence-corrected chi connectivity index (χ0v) is 19.7. The van der Waals surface area contributed by atoms with Gasteiger partial charge in [0.1, 0.15) is 22.4 Å². The number of carbonyl (C=O) groups is 4. The number of benzene rings is 1. The van der Waals surface area contributed by atoms with E-state index in [0.717, 1.165) is 0 Å². The Bertz CT molecular complexity index is 1080. The number of halogens is 2. The second-order valence-electron chi connectivity index (χ2n) is 7.26. The van der Waals surface area contributed by atoms with Gasteiger partial charge in [-0.2, -0.15) is 0 Å². The molecule has 12 heteroatoms. The van der Waals surface area contributed by atoms with Gasteiger partial charge in [-0.15, -0.1) is 11.8 Å². The average molecular weight is 511 g/mol. The second kappa shape index (κ2) is 10.9. The van der Waals surface area contributed by atoms with E-state index in [4.69, 9.17) is 23.2 Å². The number of nitrogens with zero attached hydrogens (tertiary/aromatic N) is 2. The van der Waals surface area contributed by atoms with Crippen molar-refractivity contribution in [2.45, 2.75) is 25.4 Å². The quantitative estimate of drug-likeness (QED) is 0.488. The molecule has 3 N–H and O–H groups in total. The molecule has 9 nitrogen and oxygen atoms in total. The highest BCUT2D eigenvalue weighted by Crippen LogP contribution is 2.22. The topological polar surface area (TPSA) is 129 Å². The Morgan fingerprint density at radius 3 is 2.55 bits per heavy atom. The molecule has 1 saturated heterocycles. The Hall–Kier alpha value is -2.82. The fourth-order valence-corrected chi connectivity index (χ4v) is 4.93. The number of anilines is 1. The van der Waals surface area contributed by atoms with Gasteiger partial charge in [-0.25, -0.2) is 9.78 Å². The molecule has 174 valence electrons. The van der Waals surface area contributed by atoms with Crippen LogP contribution < -0.4 is 10.6 Å². The van der Waals surface area contributed by atoms with Gasteiger partial charge in [0.2, 0.25) is 11.8 Å². The second-order valence-corrected chi connectivity index (χ2v) is 9.04. The number of amides is 3. The molecule has 1 aliphatic heterocycles. The van der Waals surface area contributed by atoms with E-state index in [1.54, 1.807) is 24.3 Å². The van der Waals surface area contributed by atoms with E-state index >= 15 is 0 Å². The van der Waals surface area contributed by atoms with Crippen molar-refractivity contribution >= 4 is 64.3 Å². The summed E-state index contributed by atoms with van der Waals surface area (Å²) in [5.74, 6) is -1.64. The summed E-state index contributed by atoms with van der Waals surface area (Å²) in [6, 6.07) is 7.41. The average Bonchev–Trinajstić information content (AvgIpc) is 3.23. The van der Waals surface area contributed by atoms with E-state index in [0.29, 0.717) is 22.9 Å². The van der Waals surface area contributed by atoms with Crippen molar-refractivity contribution in [1.29, 1.82) is 0 Å². The molecular weight excluding hydrogens is 491 g/mol. The summed E-state index contributed by atoms with van der Waals surface area (Å²) in [4.78, 5) is 53.8. The summed E-state index contributed by atoms with van der Waals surface area (Å²) >= 11 is 13.1.